The molecule has 3 fully saturated rings. The average molecular weight is 368 g/mol. The number of rotatable bonds is 5. The van der Waals surface area contributed by atoms with E-state index in [4.69, 9.17) is 9.84 Å². The van der Waals surface area contributed by atoms with E-state index in [2.05, 4.69) is 11.0 Å². The Bertz CT molecular complexity index is 732. The Morgan fingerprint density at radius 1 is 1.19 bits per heavy atom. The van der Waals surface area contributed by atoms with Crippen molar-refractivity contribution in [3.05, 3.63) is 23.8 Å². The van der Waals surface area contributed by atoms with E-state index in [0.29, 0.717) is 23.9 Å². The van der Waals surface area contributed by atoms with Gasteiger partial charge in [0.1, 0.15) is 11.8 Å². The summed E-state index contributed by atoms with van der Waals surface area (Å²) in [7, 11) is 0. The van der Waals surface area contributed by atoms with Crippen LogP contribution in [0.3, 0.4) is 0 Å². The van der Waals surface area contributed by atoms with Gasteiger partial charge < -0.3 is 14.7 Å². The first-order valence-electron chi connectivity index (χ1n) is 10.2. The summed E-state index contributed by atoms with van der Waals surface area (Å²) in [5.41, 5.74) is 2.10. The first-order chi connectivity index (χ1) is 13.1. The number of carboxylic acids is 1. The Hall–Kier alpha value is -2.22. The smallest absolute Gasteiger partial charge is 0.303 e. The summed E-state index contributed by atoms with van der Waals surface area (Å²) < 4.78 is 5.93. The van der Waals surface area contributed by atoms with Gasteiger partial charge >= 0.3 is 5.97 Å². The minimum atomic E-state index is -0.664. The lowest BCUT2D eigenvalue weighted by molar-refractivity contribution is -0.138. The highest BCUT2D eigenvalue weighted by Crippen LogP contribution is 2.47. The number of carbonyl (C=O) groups is 1. The molecule has 0 aromatic heterocycles. The highest BCUT2D eigenvalue weighted by molar-refractivity contribution is 5.67. The van der Waals surface area contributed by atoms with Gasteiger partial charge in [0, 0.05) is 25.6 Å². The number of ether oxygens (including phenoxy) is 1. The van der Waals surface area contributed by atoms with E-state index in [1.807, 2.05) is 18.2 Å². The summed E-state index contributed by atoms with van der Waals surface area (Å²) in [6.45, 7) is 1.93. The topological polar surface area (TPSA) is 73.6 Å². The first kappa shape index (κ1) is 18.2. The molecule has 0 unspecified atom stereocenters. The summed E-state index contributed by atoms with van der Waals surface area (Å²) in [5, 5.41) is 18.5. The minimum Gasteiger partial charge on any atom is -0.490 e. The molecule has 1 spiro atoms. The van der Waals surface area contributed by atoms with E-state index in [9.17, 15) is 10.1 Å². The van der Waals surface area contributed by atoms with Crippen LogP contribution in [0.1, 0.15) is 63.4 Å². The van der Waals surface area contributed by atoms with Gasteiger partial charge in [-0.1, -0.05) is 0 Å². The van der Waals surface area contributed by atoms with Crippen molar-refractivity contribution in [2.24, 2.45) is 11.3 Å². The van der Waals surface area contributed by atoms with Gasteiger partial charge in [0.2, 0.25) is 0 Å². The maximum atomic E-state index is 11.0. The van der Waals surface area contributed by atoms with Gasteiger partial charge in [0.05, 0.1) is 17.4 Å². The Balaban J connectivity index is 1.39. The van der Waals surface area contributed by atoms with Crippen molar-refractivity contribution in [3.8, 4) is 11.8 Å². The molecular weight excluding hydrogens is 340 g/mol. The summed E-state index contributed by atoms with van der Waals surface area (Å²) in [6, 6.07) is 8.17. The molecule has 3 aliphatic rings. The van der Waals surface area contributed by atoms with Gasteiger partial charge in [-0.2, -0.15) is 5.26 Å². The zero-order valence-corrected chi connectivity index (χ0v) is 15.8. The van der Waals surface area contributed by atoms with E-state index in [-0.39, 0.29) is 0 Å². The lowest BCUT2D eigenvalue weighted by Gasteiger charge is -2.46. The van der Waals surface area contributed by atoms with Crippen molar-refractivity contribution in [2.75, 3.05) is 18.0 Å². The second-order valence-electron chi connectivity index (χ2n) is 8.64. The molecule has 144 valence electrons. The maximum Gasteiger partial charge on any atom is 0.303 e. The largest absolute Gasteiger partial charge is 0.490 e. The van der Waals surface area contributed by atoms with Crippen LogP contribution < -0.4 is 9.64 Å². The second-order valence-corrected chi connectivity index (χ2v) is 8.64. The highest BCUT2D eigenvalue weighted by atomic mass is 16.5. The molecule has 1 aromatic carbocycles. The normalized spacial score (nSPS) is 22.4. The van der Waals surface area contributed by atoms with Gasteiger partial charge in [0.25, 0.3) is 0 Å². The average Bonchev–Trinajstić information content (AvgIpc) is 3.48. The number of hydrogen-bond acceptors (Lipinski definition) is 4. The van der Waals surface area contributed by atoms with Crippen LogP contribution in [0.4, 0.5) is 5.69 Å². The minimum absolute atomic E-state index is 0.321. The summed E-state index contributed by atoms with van der Waals surface area (Å²) in [5.74, 6) is 0.566. The van der Waals surface area contributed by atoms with Crippen molar-refractivity contribution in [2.45, 2.75) is 63.9 Å². The van der Waals surface area contributed by atoms with Crippen LogP contribution in [0.25, 0.3) is 0 Å². The van der Waals surface area contributed by atoms with Crippen LogP contribution >= 0.6 is 0 Å². The molecule has 0 radical (unpaired) electrons. The summed E-state index contributed by atoms with van der Waals surface area (Å²) in [4.78, 5) is 13.3. The molecule has 0 amide bonds. The molecule has 1 aromatic rings. The lowest BCUT2D eigenvalue weighted by Crippen LogP contribution is -2.42. The van der Waals surface area contributed by atoms with Crippen LogP contribution in [-0.2, 0) is 4.79 Å². The molecule has 27 heavy (non-hydrogen) atoms. The molecule has 2 saturated carbocycles. The Labute approximate surface area is 160 Å². The van der Waals surface area contributed by atoms with Gasteiger partial charge in [-0.05, 0) is 74.8 Å². The van der Waals surface area contributed by atoms with Crippen LogP contribution in [0.5, 0.6) is 5.75 Å². The van der Waals surface area contributed by atoms with Crippen molar-refractivity contribution in [1.29, 1.82) is 5.26 Å². The number of anilines is 1. The molecule has 2 aliphatic carbocycles. The molecule has 5 heteroatoms. The third-order valence-corrected chi connectivity index (χ3v) is 6.71. The number of nitriles is 1. The number of carboxylic acid groups (broad SMARTS) is 1. The molecule has 5 nitrogen and oxygen atoms in total. The van der Waals surface area contributed by atoms with E-state index in [1.165, 1.54) is 0 Å². The van der Waals surface area contributed by atoms with Gasteiger partial charge in [0.15, 0.2) is 0 Å². The van der Waals surface area contributed by atoms with Gasteiger partial charge in [-0.15, -0.1) is 0 Å². The molecule has 1 aliphatic heterocycles. The Kier molecular flexibility index (Phi) is 4.99. The van der Waals surface area contributed by atoms with E-state index in [1.54, 1.807) is 0 Å². The highest BCUT2D eigenvalue weighted by Gasteiger charge is 2.38. The fourth-order valence-corrected chi connectivity index (χ4v) is 4.78. The SMILES string of the molecule is N#Cc1ccc(OC2CC2)cc1N1CCC2(CCC(CC(=O)O)CC2)CC1. The van der Waals surface area contributed by atoms with Crippen LogP contribution in [0.2, 0.25) is 0 Å². The monoisotopic (exact) mass is 368 g/mol. The summed E-state index contributed by atoms with van der Waals surface area (Å²) >= 11 is 0. The predicted octanol–water partition coefficient (Wildman–Crippen LogP) is 4.35. The predicted molar refractivity (Wildman–Crippen MR) is 103 cm³/mol. The molecule has 0 bridgehead atoms. The standard InChI is InChI=1S/C22H28N2O3/c23-15-17-1-2-19(27-18-3-4-18)14-20(17)24-11-9-22(10-12-24)7-5-16(6-8-22)13-21(25)26/h1-2,14,16,18H,3-13H2,(H,25,26). The van der Waals surface area contributed by atoms with E-state index in [0.717, 1.165) is 81.5 Å². The lowest BCUT2D eigenvalue weighted by atomic mass is 9.65. The van der Waals surface area contributed by atoms with Crippen LogP contribution in [0.15, 0.2) is 18.2 Å². The zero-order chi connectivity index (χ0) is 18.9. The van der Waals surface area contributed by atoms with Crippen LogP contribution in [-0.4, -0.2) is 30.3 Å². The Morgan fingerprint density at radius 2 is 1.89 bits per heavy atom. The molecule has 1 saturated heterocycles. The maximum absolute atomic E-state index is 11.0. The number of aliphatic carboxylic acids is 1. The van der Waals surface area contributed by atoms with Crippen molar-refractivity contribution < 1.29 is 14.6 Å². The van der Waals surface area contributed by atoms with Gasteiger partial charge in [-0.3, -0.25) is 4.79 Å². The van der Waals surface area contributed by atoms with E-state index < -0.39 is 5.97 Å². The molecule has 1 N–H and O–H groups in total. The number of benzene rings is 1. The fraction of sp³-hybridized carbons (Fsp3) is 0.636. The van der Waals surface area contributed by atoms with Crippen molar-refractivity contribution in [1.82, 2.24) is 0 Å². The first-order valence-corrected chi connectivity index (χ1v) is 10.2. The third kappa shape index (κ3) is 4.21. The van der Waals surface area contributed by atoms with Crippen LogP contribution in [0, 0.1) is 22.7 Å². The third-order valence-electron chi connectivity index (χ3n) is 6.71. The van der Waals surface area contributed by atoms with Crippen molar-refractivity contribution >= 4 is 11.7 Å². The molecule has 0 atom stereocenters. The Morgan fingerprint density at radius 3 is 2.48 bits per heavy atom. The van der Waals surface area contributed by atoms with E-state index >= 15 is 0 Å². The van der Waals surface area contributed by atoms with Gasteiger partial charge in [-0.25, -0.2) is 0 Å². The molecule has 4 rings (SSSR count). The quantitative estimate of drug-likeness (QED) is 0.836. The second kappa shape index (κ2) is 7.42. The molecular formula is C22H28N2O3. The van der Waals surface area contributed by atoms with Crippen molar-refractivity contribution in [3.63, 3.8) is 0 Å². The number of nitrogens with zero attached hydrogens (tertiary/aromatic N) is 2. The zero-order valence-electron chi connectivity index (χ0n) is 15.8. The summed E-state index contributed by atoms with van der Waals surface area (Å²) in [6.07, 6.45) is 9.58. The number of hydrogen-bond donors (Lipinski definition) is 1. The fourth-order valence-electron chi connectivity index (χ4n) is 4.78. The number of piperidine rings is 1. The molecule has 1 heterocycles.